The Morgan fingerprint density at radius 3 is 2.94 bits per heavy atom. The van der Waals surface area contributed by atoms with Crippen LogP contribution in [0.2, 0.25) is 5.02 Å². The Morgan fingerprint density at radius 1 is 1.53 bits per heavy atom. The molecule has 0 aliphatic rings. The first-order chi connectivity index (χ1) is 8.15. The highest BCUT2D eigenvalue weighted by Crippen LogP contribution is 2.21. The molecule has 0 aliphatic heterocycles. The molecule has 1 aromatic rings. The van der Waals surface area contributed by atoms with E-state index in [0.29, 0.717) is 12.6 Å². The zero-order valence-corrected chi connectivity index (χ0v) is 11.2. The summed E-state index contributed by atoms with van der Waals surface area (Å²) in [6.07, 6.45) is 5.17. The second-order valence-corrected chi connectivity index (χ2v) is 4.53. The van der Waals surface area contributed by atoms with Crippen molar-refractivity contribution in [3.63, 3.8) is 0 Å². The molecule has 92 valence electrons. The van der Waals surface area contributed by atoms with Gasteiger partial charge in [-0.15, -0.1) is 6.42 Å². The Labute approximate surface area is 109 Å². The van der Waals surface area contributed by atoms with Crippen LogP contribution in [-0.4, -0.2) is 31.6 Å². The van der Waals surface area contributed by atoms with Gasteiger partial charge in [-0.3, -0.25) is 4.90 Å². The largest absolute Gasteiger partial charge is 0.305 e. The summed E-state index contributed by atoms with van der Waals surface area (Å²) in [5.41, 5.74) is 1.23. The van der Waals surface area contributed by atoms with Gasteiger partial charge in [0.05, 0.1) is 6.54 Å². The minimum absolute atomic E-state index is 0.348. The lowest BCUT2D eigenvalue weighted by Crippen LogP contribution is -2.31. The SMILES string of the molecule is C#CCNCCN(C)C(C)c1cccc(Cl)c1. The second kappa shape index (κ2) is 7.34. The number of terminal acetylenes is 1. The predicted octanol–water partition coefficient (Wildman–Crippen LogP) is 2.56. The van der Waals surface area contributed by atoms with Crippen LogP contribution >= 0.6 is 11.6 Å². The van der Waals surface area contributed by atoms with Gasteiger partial charge in [0.2, 0.25) is 0 Å². The van der Waals surface area contributed by atoms with Crippen LogP contribution in [0.4, 0.5) is 0 Å². The van der Waals surface area contributed by atoms with Crippen LogP contribution in [-0.2, 0) is 0 Å². The van der Waals surface area contributed by atoms with E-state index in [1.165, 1.54) is 5.56 Å². The zero-order chi connectivity index (χ0) is 12.7. The number of rotatable bonds is 6. The third kappa shape index (κ3) is 4.79. The summed E-state index contributed by atoms with van der Waals surface area (Å²) in [7, 11) is 2.10. The Kier molecular flexibility index (Phi) is 6.07. The van der Waals surface area contributed by atoms with Crippen LogP contribution < -0.4 is 5.32 Å². The fourth-order valence-electron chi connectivity index (χ4n) is 1.63. The number of nitrogens with one attached hydrogen (secondary N) is 1. The quantitative estimate of drug-likeness (QED) is 0.617. The maximum atomic E-state index is 5.99. The lowest BCUT2D eigenvalue weighted by Gasteiger charge is -2.25. The van der Waals surface area contributed by atoms with Crippen molar-refractivity contribution in [2.45, 2.75) is 13.0 Å². The van der Waals surface area contributed by atoms with Gasteiger partial charge in [-0.05, 0) is 31.7 Å². The van der Waals surface area contributed by atoms with E-state index < -0.39 is 0 Å². The van der Waals surface area contributed by atoms with E-state index in [-0.39, 0.29) is 0 Å². The lowest BCUT2D eigenvalue weighted by atomic mass is 10.1. The highest BCUT2D eigenvalue weighted by molar-refractivity contribution is 6.30. The molecular weight excluding hydrogens is 232 g/mol. The minimum Gasteiger partial charge on any atom is -0.305 e. The first-order valence-corrected chi connectivity index (χ1v) is 6.13. The van der Waals surface area contributed by atoms with Gasteiger partial charge in [-0.2, -0.15) is 0 Å². The van der Waals surface area contributed by atoms with Crippen molar-refractivity contribution in [2.24, 2.45) is 0 Å². The molecule has 1 atom stereocenters. The van der Waals surface area contributed by atoms with Crippen LogP contribution in [0.25, 0.3) is 0 Å². The fraction of sp³-hybridized carbons (Fsp3) is 0.429. The molecule has 1 rings (SSSR count). The normalized spacial score (nSPS) is 12.4. The number of likely N-dealkylation sites (N-methyl/N-ethyl adjacent to an activating group) is 1. The van der Waals surface area contributed by atoms with Gasteiger partial charge in [0.15, 0.2) is 0 Å². The van der Waals surface area contributed by atoms with E-state index in [4.69, 9.17) is 18.0 Å². The molecule has 3 heteroatoms. The summed E-state index contributed by atoms with van der Waals surface area (Å²) in [5.74, 6) is 2.56. The Balaban J connectivity index is 2.46. The van der Waals surface area contributed by atoms with Gasteiger partial charge in [-0.1, -0.05) is 29.7 Å². The molecule has 0 radical (unpaired) electrons. The molecule has 2 nitrogen and oxygen atoms in total. The van der Waals surface area contributed by atoms with Crippen LogP contribution in [0.1, 0.15) is 18.5 Å². The van der Waals surface area contributed by atoms with E-state index in [9.17, 15) is 0 Å². The zero-order valence-electron chi connectivity index (χ0n) is 10.4. The average molecular weight is 251 g/mol. The Hall–Kier alpha value is -1.01. The molecular formula is C14H19ClN2. The van der Waals surface area contributed by atoms with Gasteiger partial charge in [-0.25, -0.2) is 0 Å². The number of hydrogen-bond donors (Lipinski definition) is 1. The molecule has 0 aliphatic carbocycles. The smallest absolute Gasteiger partial charge is 0.0574 e. The summed E-state index contributed by atoms with van der Waals surface area (Å²) in [5, 5.41) is 3.97. The molecule has 1 unspecified atom stereocenters. The summed E-state index contributed by atoms with van der Waals surface area (Å²) in [6.45, 7) is 4.65. The summed E-state index contributed by atoms with van der Waals surface area (Å²) in [4.78, 5) is 2.27. The molecule has 0 saturated heterocycles. The van der Waals surface area contributed by atoms with Crippen LogP contribution in [0.3, 0.4) is 0 Å². The van der Waals surface area contributed by atoms with Gasteiger partial charge in [0, 0.05) is 24.2 Å². The predicted molar refractivity (Wildman–Crippen MR) is 74.2 cm³/mol. The van der Waals surface area contributed by atoms with Gasteiger partial charge >= 0.3 is 0 Å². The molecule has 0 amide bonds. The Bertz CT molecular complexity index is 384. The van der Waals surface area contributed by atoms with Crippen molar-refractivity contribution in [1.29, 1.82) is 0 Å². The van der Waals surface area contributed by atoms with Crippen molar-refractivity contribution < 1.29 is 0 Å². The maximum Gasteiger partial charge on any atom is 0.0574 e. The van der Waals surface area contributed by atoms with Crippen molar-refractivity contribution in [3.8, 4) is 12.3 Å². The number of hydrogen-bond acceptors (Lipinski definition) is 2. The number of halogens is 1. The van der Waals surface area contributed by atoms with Crippen molar-refractivity contribution in [3.05, 3.63) is 34.9 Å². The molecule has 0 heterocycles. The second-order valence-electron chi connectivity index (χ2n) is 4.09. The van der Waals surface area contributed by atoms with Crippen LogP contribution in [0.15, 0.2) is 24.3 Å². The third-order valence-electron chi connectivity index (χ3n) is 2.86. The Morgan fingerprint density at radius 2 is 2.29 bits per heavy atom. The van der Waals surface area contributed by atoms with Crippen molar-refractivity contribution >= 4 is 11.6 Å². The van der Waals surface area contributed by atoms with Crippen LogP contribution in [0.5, 0.6) is 0 Å². The van der Waals surface area contributed by atoms with E-state index in [1.807, 2.05) is 18.2 Å². The topological polar surface area (TPSA) is 15.3 Å². The number of benzene rings is 1. The molecule has 0 saturated carbocycles. The van der Waals surface area contributed by atoms with Crippen molar-refractivity contribution in [2.75, 3.05) is 26.7 Å². The molecule has 0 bridgehead atoms. The van der Waals surface area contributed by atoms with E-state index in [2.05, 4.69) is 36.2 Å². The molecule has 0 fully saturated rings. The molecule has 1 aromatic carbocycles. The van der Waals surface area contributed by atoms with Gasteiger partial charge in [0.1, 0.15) is 0 Å². The third-order valence-corrected chi connectivity index (χ3v) is 3.10. The van der Waals surface area contributed by atoms with Gasteiger partial charge in [0.25, 0.3) is 0 Å². The summed E-state index contributed by atoms with van der Waals surface area (Å²) in [6, 6.07) is 8.34. The average Bonchev–Trinajstić information content (AvgIpc) is 2.33. The summed E-state index contributed by atoms with van der Waals surface area (Å²) >= 11 is 5.99. The number of nitrogens with zero attached hydrogens (tertiary/aromatic N) is 1. The first kappa shape index (κ1) is 14.1. The van der Waals surface area contributed by atoms with Crippen molar-refractivity contribution in [1.82, 2.24) is 10.2 Å². The molecule has 1 N–H and O–H groups in total. The molecule has 0 aromatic heterocycles. The fourth-order valence-corrected chi connectivity index (χ4v) is 1.83. The van der Waals surface area contributed by atoms with Crippen LogP contribution in [0, 0.1) is 12.3 Å². The maximum absolute atomic E-state index is 5.99. The minimum atomic E-state index is 0.348. The standard InChI is InChI=1S/C14H19ClN2/c1-4-8-16-9-10-17(3)12(2)13-6-5-7-14(15)11-13/h1,5-7,11-12,16H,8-10H2,2-3H3. The highest BCUT2D eigenvalue weighted by Gasteiger charge is 2.10. The molecule has 0 spiro atoms. The summed E-state index contributed by atoms with van der Waals surface area (Å²) < 4.78 is 0. The van der Waals surface area contributed by atoms with Gasteiger partial charge < -0.3 is 5.32 Å². The van der Waals surface area contributed by atoms with E-state index in [0.717, 1.165) is 18.1 Å². The molecule has 17 heavy (non-hydrogen) atoms. The first-order valence-electron chi connectivity index (χ1n) is 5.75. The monoisotopic (exact) mass is 250 g/mol. The van der Waals surface area contributed by atoms with E-state index >= 15 is 0 Å². The highest BCUT2D eigenvalue weighted by atomic mass is 35.5. The van der Waals surface area contributed by atoms with E-state index in [1.54, 1.807) is 0 Å². The lowest BCUT2D eigenvalue weighted by molar-refractivity contribution is 0.262.